The zero-order valence-corrected chi connectivity index (χ0v) is 26.5. The number of nitrogens with one attached hydrogen (secondary N) is 1. The van der Waals surface area contributed by atoms with E-state index in [0.717, 1.165) is 0 Å². The fourth-order valence-corrected chi connectivity index (χ4v) is 5.37. The minimum absolute atomic E-state index is 0.00398. The van der Waals surface area contributed by atoms with Gasteiger partial charge in [-0.15, -0.1) is 0 Å². The molecule has 0 saturated carbocycles. The number of ether oxygens (including phenoxy) is 3. The van der Waals surface area contributed by atoms with E-state index >= 15 is 0 Å². The second kappa shape index (κ2) is 14.5. The van der Waals surface area contributed by atoms with E-state index in [1.165, 1.54) is 30.6 Å². The van der Waals surface area contributed by atoms with Gasteiger partial charge in [-0.05, 0) is 55.7 Å². The van der Waals surface area contributed by atoms with Gasteiger partial charge in [-0.2, -0.15) is 26.3 Å². The molecule has 1 amide bonds. The molecule has 0 radical (unpaired) electrons. The van der Waals surface area contributed by atoms with Crippen molar-refractivity contribution in [3.05, 3.63) is 88.9 Å². The molecule has 1 aliphatic heterocycles. The molecule has 0 spiro atoms. The zero-order valence-electron chi connectivity index (χ0n) is 26.5. The van der Waals surface area contributed by atoms with Crippen LogP contribution < -0.4 is 19.7 Å². The number of fused-ring (bicyclic) bond motifs is 1. The maximum Gasteiger partial charge on any atom is 0.416 e. The molecule has 5 rings (SSSR count). The first-order valence-electron chi connectivity index (χ1n) is 15.1. The summed E-state index contributed by atoms with van der Waals surface area (Å²) in [5, 5.41) is 3.18. The molecule has 1 aliphatic rings. The Morgan fingerprint density at radius 3 is 2.29 bits per heavy atom. The summed E-state index contributed by atoms with van der Waals surface area (Å²) in [4.78, 5) is 36.0. The molecule has 0 aliphatic carbocycles. The molecular weight excluding hydrogens is 660 g/mol. The molecule has 0 fully saturated rings. The molecule has 17 heteroatoms. The SMILES string of the molecule is CCOC(=O)N1c2ccc(OC)nc2[C@@H](Nc2ncc(OCc3ncccn3)c(Cc3cc(C(F)(F)F)cc(C(F)(F)F)c3)n2)C[C@H]1CC. The second-order valence-corrected chi connectivity index (χ2v) is 10.9. The smallest absolute Gasteiger partial charge is 0.416 e. The summed E-state index contributed by atoms with van der Waals surface area (Å²) >= 11 is 0. The average Bonchev–Trinajstić information content (AvgIpc) is 3.07. The fourth-order valence-electron chi connectivity index (χ4n) is 5.37. The quantitative estimate of drug-likeness (QED) is 0.171. The molecule has 1 N–H and O–H groups in total. The Bertz CT molecular complexity index is 1740. The zero-order chi connectivity index (χ0) is 35.3. The maximum atomic E-state index is 13.7. The lowest BCUT2D eigenvalue weighted by molar-refractivity contribution is -0.143. The predicted octanol–water partition coefficient (Wildman–Crippen LogP) is 7.18. The van der Waals surface area contributed by atoms with E-state index in [1.54, 1.807) is 25.1 Å². The van der Waals surface area contributed by atoms with Crippen LogP contribution in [0.25, 0.3) is 0 Å². The Kier molecular flexibility index (Phi) is 10.4. The lowest BCUT2D eigenvalue weighted by atomic mass is 9.93. The third-order valence-corrected chi connectivity index (χ3v) is 7.61. The highest BCUT2D eigenvalue weighted by Gasteiger charge is 2.39. The van der Waals surface area contributed by atoms with Gasteiger partial charge in [-0.3, -0.25) is 4.90 Å². The van der Waals surface area contributed by atoms with Crippen molar-refractivity contribution in [2.75, 3.05) is 23.9 Å². The number of nitrogens with zero attached hydrogens (tertiary/aromatic N) is 6. The van der Waals surface area contributed by atoms with Crippen LogP contribution in [0.5, 0.6) is 11.6 Å². The van der Waals surface area contributed by atoms with E-state index in [0.29, 0.717) is 36.4 Å². The number of rotatable bonds is 10. The van der Waals surface area contributed by atoms with Gasteiger partial charge in [0.25, 0.3) is 0 Å². The predicted molar refractivity (Wildman–Crippen MR) is 163 cm³/mol. The Labute approximate surface area is 276 Å². The molecule has 0 bridgehead atoms. The molecule has 11 nitrogen and oxygen atoms in total. The summed E-state index contributed by atoms with van der Waals surface area (Å²) in [6.45, 7) is 3.57. The molecule has 2 atom stereocenters. The molecule has 3 aromatic heterocycles. The maximum absolute atomic E-state index is 13.7. The van der Waals surface area contributed by atoms with Crippen LogP contribution in [-0.2, 0) is 30.1 Å². The van der Waals surface area contributed by atoms with Gasteiger partial charge in [0.2, 0.25) is 11.8 Å². The number of amides is 1. The number of benzene rings is 1. The number of aromatic nitrogens is 5. The van der Waals surface area contributed by atoms with E-state index < -0.39 is 42.0 Å². The van der Waals surface area contributed by atoms with E-state index in [-0.39, 0.29) is 60.0 Å². The number of alkyl halides is 6. The van der Waals surface area contributed by atoms with Crippen molar-refractivity contribution in [1.82, 2.24) is 24.9 Å². The third-order valence-electron chi connectivity index (χ3n) is 7.61. The van der Waals surface area contributed by atoms with E-state index in [9.17, 15) is 31.1 Å². The van der Waals surface area contributed by atoms with Crippen LogP contribution in [-0.4, -0.2) is 50.8 Å². The lowest BCUT2D eigenvalue weighted by Crippen LogP contribution is -2.46. The number of pyridine rings is 1. The third kappa shape index (κ3) is 8.26. The van der Waals surface area contributed by atoms with Crippen molar-refractivity contribution >= 4 is 17.7 Å². The van der Waals surface area contributed by atoms with Crippen molar-refractivity contribution < 1.29 is 45.3 Å². The van der Waals surface area contributed by atoms with Gasteiger partial charge in [0.05, 0.1) is 54.2 Å². The standard InChI is InChI=1S/C32H31F6N7O4/c1-4-21-15-23(28-24(7-8-27(44-28)47-3)45(21)30(46)48-5-2)43-29-41-16-25(49-17-26-39-9-6-10-40-26)22(42-29)13-18-11-19(31(33,34)35)14-20(12-18)32(36,37)38/h6-12,14,16,21,23H,4-5,13,15,17H2,1-3H3,(H,41,42,43)/t21-,23+/m1/s1. The number of carbonyl (C=O) groups is 1. The van der Waals surface area contributed by atoms with Crippen molar-refractivity contribution in [3.8, 4) is 11.6 Å². The Morgan fingerprint density at radius 1 is 0.980 bits per heavy atom. The summed E-state index contributed by atoms with van der Waals surface area (Å²) in [5.41, 5.74) is -2.35. The Balaban J connectivity index is 1.54. The molecule has 0 saturated heterocycles. The van der Waals surface area contributed by atoms with Gasteiger partial charge < -0.3 is 19.5 Å². The molecule has 260 valence electrons. The van der Waals surface area contributed by atoms with Gasteiger partial charge in [-0.1, -0.05) is 6.92 Å². The van der Waals surface area contributed by atoms with E-state index in [4.69, 9.17) is 14.2 Å². The van der Waals surface area contributed by atoms with Crippen LogP contribution >= 0.6 is 0 Å². The van der Waals surface area contributed by atoms with Gasteiger partial charge in [-0.25, -0.2) is 29.7 Å². The molecule has 1 aromatic carbocycles. The van der Waals surface area contributed by atoms with Crippen LogP contribution in [0.1, 0.15) is 66.6 Å². The van der Waals surface area contributed by atoms with Gasteiger partial charge in [0.1, 0.15) is 6.61 Å². The molecule has 0 unspecified atom stereocenters. The van der Waals surface area contributed by atoms with E-state index in [2.05, 4.69) is 30.2 Å². The normalized spacial score (nSPS) is 16.1. The van der Waals surface area contributed by atoms with Crippen LogP contribution in [0.3, 0.4) is 0 Å². The van der Waals surface area contributed by atoms with Crippen LogP contribution in [0.2, 0.25) is 0 Å². The monoisotopic (exact) mass is 691 g/mol. The molecule has 49 heavy (non-hydrogen) atoms. The van der Waals surface area contributed by atoms with Crippen molar-refractivity contribution in [3.63, 3.8) is 0 Å². The highest BCUT2D eigenvalue weighted by Crippen LogP contribution is 2.41. The highest BCUT2D eigenvalue weighted by atomic mass is 19.4. The number of halogens is 6. The summed E-state index contributed by atoms with van der Waals surface area (Å²) < 4.78 is 98.4. The van der Waals surface area contributed by atoms with E-state index in [1.807, 2.05) is 6.92 Å². The average molecular weight is 692 g/mol. The summed E-state index contributed by atoms with van der Waals surface area (Å²) in [5.74, 6) is 0.515. The van der Waals surface area contributed by atoms with Crippen molar-refractivity contribution in [2.45, 2.75) is 64.2 Å². The summed E-state index contributed by atoms with van der Waals surface area (Å²) in [7, 11) is 1.44. The minimum atomic E-state index is -5.03. The van der Waals surface area contributed by atoms with Crippen LogP contribution in [0.15, 0.2) is 55.0 Å². The van der Waals surface area contributed by atoms with Gasteiger partial charge >= 0.3 is 18.4 Å². The number of methoxy groups -OCH3 is 1. The topological polar surface area (TPSA) is 124 Å². The van der Waals surface area contributed by atoms with Crippen molar-refractivity contribution in [1.29, 1.82) is 0 Å². The number of anilines is 2. The first-order chi connectivity index (χ1) is 23.3. The Morgan fingerprint density at radius 2 is 1.67 bits per heavy atom. The first kappa shape index (κ1) is 35.1. The van der Waals surface area contributed by atoms with Gasteiger partial charge in [0, 0.05) is 30.9 Å². The number of hydrogen-bond donors (Lipinski definition) is 1. The first-order valence-corrected chi connectivity index (χ1v) is 15.1. The Hall–Kier alpha value is -5.22. The van der Waals surface area contributed by atoms with Gasteiger partial charge in [0.15, 0.2) is 11.6 Å². The highest BCUT2D eigenvalue weighted by molar-refractivity contribution is 5.90. The number of carbonyl (C=O) groups excluding carboxylic acids is 1. The molecule has 4 aromatic rings. The summed E-state index contributed by atoms with van der Waals surface area (Å²) in [6.07, 6.45) is -6.00. The fraction of sp³-hybridized carbons (Fsp3) is 0.375. The van der Waals surface area contributed by atoms with Crippen LogP contribution in [0.4, 0.5) is 42.8 Å². The second-order valence-electron chi connectivity index (χ2n) is 10.9. The minimum Gasteiger partial charge on any atom is -0.482 e. The molecular formula is C32H31F6N7O4. The number of hydrogen-bond acceptors (Lipinski definition) is 10. The lowest BCUT2D eigenvalue weighted by Gasteiger charge is -2.39. The van der Waals surface area contributed by atoms with Crippen molar-refractivity contribution in [2.24, 2.45) is 0 Å². The van der Waals surface area contributed by atoms with Crippen LogP contribution in [0, 0.1) is 0 Å². The summed E-state index contributed by atoms with van der Waals surface area (Å²) in [6, 6.07) is 5.27. The largest absolute Gasteiger partial charge is 0.482 e. The molecule has 4 heterocycles.